The van der Waals surface area contributed by atoms with Crippen molar-refractivity contribution < 1.29 is 14.3 Å². The van der Waals surface area contributed by atoms with E-state index in [9.17, 15) is 4.79 Å². The fourth-order valence-corrected chi connectivity index (χ4v) is 2.47. The van der Waals surface area contributed by atoms with Crippen LogP contribution in [0.5, 0.6) is 5.75 Å². The molecule has 0 spiro atoms. The second kappa shape index (κ2) is 8.34. The van der Waals surface area contributed by atoms with Crippen molar-refractivity contribution in [2.45, 2.75) is 13.8 Å². The van der Waals surface area contributed by atoms with Crippen molar-refractivity contribution in [3.63, 3.8) is 0 Å². The summed E-state index contributed by atoms with van der Waals surface area (Å²) < 4.78 is 10.6. The summed E-state index contributed by atoms with van der Waals surface area (Å²) in [5, 5.41) is 0. The van der Waals surface area contributed by atoms with Gasteiger partial charge in [0.2, 0.25) is 0 Å². The highest BCUT2D eigenvalue weighted by molar-refractivity contribution is 5.95. The molecule has 2 aromatic carbocycles. The molecule has 4 nitrogen and oxygen atoms in total. The lowest BCUT2D eigenvalue weighted by molar-refractivity contribution is 0.0515. The van der Waals surface area contributed by atoms with Gasteiger partial charge in [-0.1, -0.05) is 30.3 Å². The highest BCUT2D eigenvalue weighted by Gasteiger charge is 2.14. The van der Waals surface area contributed by atoms with Gasteiger partial charge in [0.25, 0.3) is 5.91 Å². The molecule has 4 heteroatoms. The van der Waals surface area contributed by atoms with E-state index in [4.69, 9.17) is 9.47 Å². The van der Waals surface area contributed by atoms with Crippen LogP contribution in [0.2, 0.25) is 0 Å². The van der Waals surface area contributed by atoms with Gasteiger partial charge in [0.05, 0.1) is 0 Å². The highest BCUT2D eigenvalue weighted by Crippen LogP contribution is 2.30. The van der Waals surface area contributed by atoms with Crippen LogP contribution in [0.1, 0.15) is 24.2 Å². The molecule has 0 heterocycles. The lowest BCUT2D eigenvalue weighted by Crippen LogP contribution is -2.30. The minimum atomic E-state index is 0.0483. The van der Waals surface area contributed by atoms with Gasteiger partial charge in [-0.15, -0.1) is 0 Å². The number of hydrogen-bond donors (Lipinski definition) is 0. The average molecular weight is 313 g/mol. The van der Waals surface area contributed by atoms with Gasteiger partial charge < -0.3 is 14.4 Å². The fourth-order valence-electron chi connectivity index (χ4n) is 2.47. The van der Waals surface area contributed by atoms with Gasteiger partial charge in [0, 0.05) is 31.3 Å². The molecule has 0 unspecified atom stereocenters. The van der Waals surface area contributed by atoms with Crippen molar-refractivity contribution >= 4 is 5.91 Å². The maximum Gasteiger partial charge on any atom is 0.253 e. The fraction of sp³-hybridized carbons (Fsp3) is 0.316. The smallest absolute Gasteiger partial charge is 0.253 e. The van der Waals surface area contributed by atoms with Gasteiger partial charge in [0.1, 0.15) is 5.75 Å². The first-order chi connectivity index (χ1) is 11.2. The molecule has 0 saturated carbocycles. The Labute approximate surface area is 137 Å². The van der Waals surface area contributed by atoms with E-state index in [1.165, 1.54) is 0 Å². The third-order valence-corrected chi connectivity index (χ3v) is 3.69. The van der Waals surface area contributed by atoms with E-state index in [1.54, 1.807) is 7.11 Å². The largest absolute Gasteiger partial charge is 0.467 e. The molecule has 0 radical (unpaired) electrons. The van der Waals surface area contributed by atoms with Gasteiger partial charge in [-0.25, -0.2) is 0 Å². The van der Waals surface area contributed by atoms with Crippen LogP contribution in [0.3, 0.4) is 0 Å². The maximum absolute atomic E-state index is 12.5. The van der Waals surface area contributed by atoms with Crippen LogP contribution in [-0.2, 0) is 4.74 Å². The van der Waals surface area contributed by atoms with Crippen molar-refractivity contribution in [3.05, 3.63) is 54.1 Å². The van der Waals surface area contributed by atoms with Crippen LogP contribution < -0.4 is 4.74 Å². The van der Waals surface area contributed by atoms with Crippen molar-refractivity contribution in [2.24, 2.45) is 0 Å². The molecule has 0 aliphatic carbocycles. The summed E-state index contributed by atoms with van der Waals surface area (Å²) in [6, 6.07) is 15.4. The summed E-state index contributed by atoms with van der Waals surface area (Å²) in [7, 11) is 1.59. The molecule has 0 fully saturated rings. The lowest BCUT2D eigenvalue weighted by Gasteiger charge is -2.19. The molecular formula is C19H23NO3. The van der Waals surface area contributed by atoms with Crippen LogP contribution in [0, 0.1) is 0 Å². The van der Waals surface area contributed by atoms with Crippen molar-refractivity contribution in [1.82, 2.24) is 4.90 Å². The monoisotopic (exact) mass is 313 g/mol. The predicted molar refractivity (Wildman–Crippen MR) is 91.6 cm³/mol. The van der Waals surface area contributed by atoms with Crippen LogP contribution >= 0.6 is 0 Å². The summed E-state index contributed by atoms with van der Waals surface area (Å²) in [5.74, 6) is 0.786. The Balaban J connectivity index is 2.35. The minimum absolute atomic E-state index is 0.0483. The molecule has 1 amide bonds. The third kappa shape index (κ3) is 4.11. The molecular weight excluding hydrogens is 290 g/mol. The molecule has 0 bridgehead atoms. The SMILES string of the molecule is CCN(CC)C(=O)c1cccc(-c2ccccc2OCOC)c1. The van der Waals surface area contributed by atoms with Crippen LogP contribution in [0.25, 0.3) is 11.1 Å². The number of benzene rings is 2. The Morgan fingerprint density at radius 1 is 1.04 bits per heavy atom. The van der Waals surface area contributed by atoms with E-state index < -0.39 is 0 Å². The lowest BCUT2D eigenvalue weighted by atomic mass is 10.0. The van der Waals surface area contributed by atoms with Gasteiger partial charge in [0.15, 0.2) is 6.79 Å². The minimum Gasteiger partial charge on any atom is -0.467 e. The van der Waals surface area contributed by atoms with Crippen molar-refractivity contribution in [1.29, 1.82) is 0 Å². The van der Waals surface area contributed by atoms with Gasteiger partial charge >= 0.3 is 0 Å². The average Bonchev–Trinajstić information content (AvgIpc) is 2.61. The van der Waals surface area contributed by atoms with E-state index in [-0.39, 0.29) is 12.7 Å². The van der Waals surface area contributed by atoms with E-state index in [2.05, 4.69) is 0 Å². The summed E-state index contributed by atoms with van der Waals surface area (Å²) in [6.45, 7) is 5.56. The number of rotatable bonds is 7. The second-order valence-electron chi connectivity index (χ2n) is 5.11. The Hall–Kier alpha value is -2.33. The Bertz CT molecular complexity index is 651. The summed E-state index contributed by atoms with van der Waals surface area (Å²) in [4.78, 5) is 14.3. The van der Waals surface area contributed by atoms with Crippen LogP contribution in [-0.4, -0.2) is 37.8 Å². The molecule has 0 aromatic heterocycles. The third-order valence-electron chi connectivity index (χ3n) is 3.69. The Kier molecular flexibility index (Phi) is 6.18. The summed E-state index contributed by atoms with van der Waals surface area (Å²) in [6.07, 6.45) is 0. The topological polar surface area (TPSA) is 38.8 Å². The molecule has 0 N–H and O–H groups in total. The zero-order valence-electron chi connectivity index (χ0n) is 13.9. The van der Waals surface area contributed by atoms with Crippen LogP contribution in [0.4, 0.5) is 0 Å². The Morgan fingerprint density at radius 3 is 2.48 bits per heavy atom. The standard InChI is InChI=1S/C19H23NO3/c1-4-20(5-2)19(21)16-10-8-9-15(13-16)17-11-6-7-12-18(17)23-14-22-3/h6-13H,4-5,14H2,1-3H3. The van der Waals surface area contributed by atoms with E-state index in [0.717, 1.165) is 16.9 Å². The maximum atomic E-state index is 12.5. The molecule has 122 valence electrons. The first-order valence-corrected chi connectivity index (χ1v) is 7.81. The highest BCUT2D eigenvalue weighted by atomic mass is 16.7. The summed E-state index contributed by atoms with van der Waals surface area (Å²) in [5.41, 5.74) is 2.58. The normalized spacial score (nSPS) is 10.4. The van der Waals surface area contributed by atoms with Gasteiger partial charge in [-0.3, -0.25) is 4.79 Å². The number of methoxy groups -OCH3 is 1. The molecule has 23 heavy (non-hydrogen) atoms. The zero-order chi connectivity index (χ0) is 16.7. The number of hydrogen-bond acceptors (Lipinski definition) is 3. The molecule has 0 aliphatic heterocycles. The van der Waals surface area contributed by atoms with Crippen molar-refractivity contribution in [2.75, 3.05) is 27.0 Å². The first kappa shape index (κ1) is 17.0. The second-order valence-corrected chi connectivity index (χ2v) is 5.11. The van der Waals surface area contributed by atoms with E-state index in [1.807, 2.05) is 67.3 Å². The molecule has 0 atom stereocenters. The number of carbonyl (C=O) groups is 1. The number of ether oxygens (including phenoxy) is 2. The zero-order valence-corrected chi connectivity index (χ0v) is 13.9. The number of amides is 1. The molecule has 0 aliphatic rings. The molecule has 2 aromatic rings. The molecule has 0 saturated heterocycles. The number of para-hydroxylation sites is 1. The number of nitrogens with zero attached hydrogens (tertiary/aromatic N) is 1. The Morgan fingerprint density at radius 2 is 1.78 bits per heavy atom. The van der Waals surface area contributed by atoms with Gasteiger partial charge in [-0.05, 0) is 37.6 Å². The van der Waals surface area contributed by atoms with E-state index in [0.29, 0.717) is 18.7 Å². The van der Waals surface area contributed by atoms with E-state index >= 15 is 0 Å². The number of carbonyl (C=O) groups excluding carboxylic acids is 1. The summed E-state index contributed by atoms with van der Waals surface area (Å²) >= 11 is 0. The van der Waals surface area contributed by atoms with Crippen LogP contribution in [0.15, 0.2) is 48.5 Å². The predicted octanol–water partition coefficient (Wildman–Crippen LogP) is 3.82. The quantitative estimate of drug-likeness (QED) is 0.729. The van der Waals surface area contributed by atoms with Gasteiger partial charge in [-0.2, -0.15) is 0 Å². The molecule has 2 rings (SSSR count). The van der Waals surface area contributed by atoms with Crippen molar-refractivity contribution in [3.8, 4) is 16.9 Å². The first-order valence-electron chi connectivity index (χ1n) is 7.81.